The fraction of sp³-hybridized carbons (Fsp3) is 0.529. The minimum absolute atomic E-state index is 0. The summed E-state index contributed by atoms with van der Waals surface area (Å²) in [6.07, 6.45) is 0. The van der Waals surface area contributed by atoms with Crippen molar-refractivity contribution in [1.82, 2.24) is 20.9 Å². The quantitative estimate of drug-likeness (QED) is 0.771. The topological polar surface area (TPSA) is 73.5 Å². The molecule has 7 heteroatoms. The monoisotopic (exact) mass is 354 g/mol. The fourth-order valence-electron chi connectivity index (χ4n) is 2.57. The molecule has 1 heterocycles. The van der Waals surface area contributed by atoms with E-state index in [1.165, 1.54) is 0 Å². The van der Waals surface area contributed by atoms with Crippen LogP contribution >= 0.6 is 12.4 Å². The van der Waals surface area contributed by atoms with Gasteiger partial charge in [0.05, 0.1) is 0 Å². The predicted molar refractivity (Wildman–Crippen MR) is 97.6 cm³/mol. The van der Waals surface area contributed by atoms with Crippen LogP contribution in [0.2, 0.25) is 0 Å². The summed E-state index contributed by atoms with van der Waals surface area (Å²) in [6.45, 7) is 8.72. The molecule has 3 N–H and O–H groups in total. The third kappa shape index (κ3) is 5.69. The van der Waals surface area contributed by atoms with Crippen LogP contribution in [0.15, 0.2) is 24.3 Å². The van der Waals surface area contributed by atoms with Crippen molar-refractivity contribution < 1.29 is 9.59 Å². The summed E-state index contributed by atoms with van der Waals surface area (Å²) in [7, 11) is 0. The first-order chi connectivity index (χ1) is 11.0. The molecule has 1 aliphatic rings. The van der Waals surface area contributed by atoms with Crippen molar-refractivity contribution in [3.63, 3.8) is 0 Å². The molecule has 3 amide bonds. The Morgan fingerprint density at radius 1 is 1.29 bits per heavy atom. The Morgan fingerprint density at radius 3 is 2.54 bits per heavy atom. The summed E-state index contributed by atoms with van der Waals surface area (Å²) in [5.74, 6) is 0.0658. The lowest BCUT2D eigenvalue weighted by molar-refractivity contribution is 0.0655. The van der Waals surface area contributed by atoms with Gasteiger partial charge in [-0.1, -0.05) is 12.1 Å². The van der Waals surface area contributed by atoms with Crippen molar-refractivity contribution in [1.29, 1.82) is 0 Å². The Morgan fingerprint density at radius 2 is 1.96 bits per heavy atom. The van der Waals surface area contributed by atoms with Gasteiger partial charge in [0.15, 0.2) is 0 Å². The molecule has 0 spiro atoms. The van der Waals surface area contributed by atoms with E-state index in [2.05, 4.69) is 22.9 Å². The summed E-state index contributed by atoms with van der Waals surface area (Å²) >= 11 is 0. The Hall–Kier alpha value is -1.79. The first kappa shape index (κ1) is 20.3. The standard InChI is InChI=1S/C17H26N4O2.ClH/c1-12(2)20-17(23)19-11-14-4-6-15(7-5-14)16(22)21-9-8-18-10-13(21)3;/h4-7,12-13,18H,8-11H2,1-3H3,(H2,19,20,23);1H/t13-;/m1./s1. The maximum Gasteiger partial charge on any atom is 0.315 e. The van der Waals surface area contributed by atoms with Crippen LogP contribution in [-0.2, 0) is 6.54 Å². The zero-order valence-corrected chi connectivity index (χ0v) is 15.3. The average molecular weight is 355 g/mol. The number of amides is 3. The van der Waals surface area contributed by atoms with Crippen molar-refractivity contribution >= 4 is 24.3 Å². The van der Waals surface area contributed by atoms with E-state index in [4.69, 9.17) is 0 Å². The number of hydrogen-bond donors (Lipinski definition) is 3. The lowest BCUT2D eigenvalue weighted by atomic mass is 10.1. The zero-order valence-electron chi connectivity index (χ0n) is 14.5. The van der Waals surface area contributed by atoms with Crippen LogP contribution in [0.3, 0.4) is 0 Å². The molecule has 1 aliphatic heterocycles. The number of benzene rings is 1. The second-order valence-electron chi connectivity index (χ2n) is 6.23. The lowest BCUT2D eigenvalue weighted by Crippen LogP contribution is -2.52. The first-order valence-electron chi connectivity index (χ1n) is 8.12. The van der Waals surface area contributed by atoms with Gasteiger partial charge >= 0.3 is 6.03 Å². The molecule has 134 valence electrons. The van der Waals surface area contributed by atoms with Crippen LogP contribution in [0.25, 0.3) is 0 Å². The van der Waals surface area contributed by atoms with Gasteiger partial charge in [0, 0.05) is 43.8 Å². The van der Waals surface area contributed by atoms with Crippen LogP contribution in [0.1, 0.15) is 36.7 Å². The van der Waals surface area contributed by atoms with Crippen LogP contribution in [0.5, 0.6) is 0 Å². The maximum atomic E-state index is 12.5. The zero-order chi connectivity index (χ0) is 16.8. The smallest absolute Gasteiger partial charge is 0.315 e. The molecule has 0 aliphatic carbocycles. The molecule has 0 aromatic heterocycles. The Bertz CT molecular complexity index is 548. The molecule has 1 atom stereocenters. The molecule has 1 aromatic carbocycles. The molecule has 0 saturated carbocycles. The van der Waals surface area contributed by atoms with Crippen LogP contribution < -0.4 is 16.0 Å². The van der Waals surface area contributed by atoms with E-state index in [0.29, 0.717) is 12.1 Å². The summed E-state index contributed by atoms with van der Waals surface area (Å²) in [4.78, 5) is 26.0. The molecule has 6 nitrogen and oxygen atoms in total. The summed E-state index contributed by atoms with van der Waals surface area (Å²) in [5, 5.41) is 8.85. The largest absolute Gasteiger partial charge is 0.336 e. The molecule has 2 rings (SSSR count). The van der Waals surface area contributed by atoms with Gasteiger partial charge in [-0.3, -0.25) is 4.79 Å². The molecular weight excluding hydrogens is 328 g/mol. The molecule has 0 unspecified atom stereocenters. The normalized spacial score (nSPS) is 17.2. The average Bonchev–Trinajstić information content (AvgIpc) is 2.53. The van der Waals surface area contributed by atoms with E-state index in [1.54, 1.807) is 0 Å². The van der Waals surface area contributed by atoms with Crippen LogP contribution in [0.4, 0.5) is 4.79 Å². The van der Waals surface area contributed by atoms with Crippen LogP contribution in [0, 0.1) is 0 Å². The number of hydrogen-bond acceptors (Lipinski definition) is 3. The van der Waals surface area contributed by atoms with Gasteiger partial charge in [0.1, 0.15) is 0 Å². The highest BCUT2D eigenvalue weighted by Gasteiger charge is 2.23. The number of carbonyl (C=O) groups excluding carboxylic acids is 2. The fourth-order valence-corrected chi connectivity index (χ4v) is 2.57. The number of rotatable bonds is 4. The third-order valence-electron chi connectivity index (χ3n) is 3.84. The lowest BCUT2D eigenvalue weighted by Gasteiger charge is -2.34. The van der Waals surface area contributed by atoms with Gasteiger partial charge in [-0.25, -0.2) is 4.79 Å². The SMILES string of the molecule is CC(C)NC(=O)NCc1ccc(C(=O)N2CCNC[C@H]2C)cc1.Cl. The van der Waals surface area contributed by atoms with Gasteiger partial charge in [-0.15, -0.1) is 12.4 Å². The van der Waals surface area contributed by atoms with E-state index in [0.717, 1.165) is 25.2 Å². The number of nitrogens with one attached hydrogen (secondary N) is 3. The molecule has 0 radical (unpaired) electrons. The highest BCUT2D eigenvalue weighted by atomic mass is 35.5. The van der Waals surface area contributed by atoms with E-state index in [1.807, 2.05) is 43.0 Å². The van der Waals surface area contributed by atoms with E-state index >= 15 is 0 Å². The van der Waals surface area contributed by atoms with Gasteiger partial charge in [-0.05, 0) is 38.5 Å². The van der Waals surface area contributed by atoms with Gasteiger partial charge < -0.3 is 20.9 Å². The number of piperazine rings is 1. The van der Waals surface area contributed by atoms with Crippen molar-refractivity contribution in [3.8, 4) is 0 Å². The molecular formula is C17H27ClN4O2. The van der Waals surface area contributed by atoms with E-state index < -0.39 is 0 Å². The molecule has 1 fully saturated rings. The summed E-state index contributed by atoms with van der Waals surface area (Å²) in [5.41, 5.74) is 1.66. The molecule has 0 bridgehead atoms. The molecule has 24 heavy (non-hydrogen) atoms. The van der Waals surface area contributed by atoms with Crippen LogP contribution in [-0.4, -0.2) is 48.6 Å². The van der Waals surface area contributed by atoms with E-state index in [9.17, 15) is 9.59 Å². The number of carbonyl (C=O) groups is 2. The minimum Gasteiger partial charge on any atom is -0.336 e. The van der Waals surface area contributed by atoms with Gasteiger partial charge in [0.25, 0.3) is 5.91 Å². The molecule has 1 saturated heterocycles. The first-order valence-corrected chi connectivity index (χ1v) is 8.12. The van der Waals surface area contributed by atoms with Gasteiger partial charge in [0.2, 0.25) is 0 Å². The van der Waals surface area contributed by atoms with E-state index in [-0.39, 0.29) is 36.4 Å². The number of nitrogens with zero attached hydrogens (tertiary/aromatic N) is 1. The Kier molecular flexibility index (Phi) is 8.01. The second-order valence-corrected chi connectivity index (χ2v) is 6.23. The molecule has 1 aromatic rings. The summed E-state index contributed by atoms with van der Waals surface area (Å²) < 4.78 is 0. The third-order valence-corrected chi connectivity index (χ3v) is 3.84. The van der Waals surface area contributed by atoms with Crippen molar-refractivity contribution in [3.05, 3.63) is 35.4 Å². The van der Waals surface area contributed by atoms with Gasteiger partial charge in [-0.2, -0.15) is 0 Å². The minimum atomic E-state index is -0.185. The van der Waals surface area contributed by atoms with Crippen molar-refractivity contribution in [2.75, 3.05) is 19.6 Å². The number of urea groups is 1. The number of halogens is 1. The second kappa shape index (κ2) is 9.49. The van der Waals surface area contributed by atoms with Crippen molar-refractivity contribution in [2.24, 2.45) is 0 Å². The van der Waals surface area contributed by atoms with Crippen molar-refractivity contribution in [2.45, 2.75) is 39.4 Å². The maximum absolute atomic E-state index is 12.5. The highest BCUT2D eigenvalue weighted by Crippen LogP contribution is 2.11. The summed E-state index contributed by atoms with van der Waals surface area (Å²) in [6, 6.07) is 7.55. The Labute approximate surface area is 149 Å². The highest BCUT2D eigenvalue weighted by molar-refractivity contribution is 5.94. The predicted octanol–water partition coefficient (Wildman–Crippen LogP) is 1.75. The Balaban J connectivity index is 0.00000288.